The van der Waals surface area contributed by atoms with E-state index in [1.807, 2.05) is 58.1 Å². The fourth-order valence-corrected chi connectivity index (χ4v) is 11.0. The van der Waals surface area contributed by atoms with Crippen LogP contribution in [0.5, 0.6) is 5.75 Å². The molecule has 0 radical (unpaired) electrons. The summed E-state index contributed by atoms with van der Waals surface area (Å²) < 4.78 is 54.9. The standard InChI is InChI=1S/C56H83F2N3O12/c1-33-15-10-9-11-16-34(2)44(60-41-17-14-18-42(31-41)71-55(57)58)32-43-23-20-38(6)56(68,73-43)52(65)53(66)61-26-13-12-19-45(61)54(67)72-47(35(3)28-39-21-24-46(62)48(30-39)69-7)25-22-40(59)29-37(5)50(64)51(70-8)49(63)36(4)27-33/h9-11,14-18,29,31,33,35-36,38-40,43-48,50-51,55,60,62,64,68H,12-13,19-28,30,32,59H2,1-8H3/b11-9+,15-10+,34-16+,37-29+/t33-,35-,36-,38-,39?,40+,43?,44+,45?,46-,47+,48-,50-,51+,56-/m1/s1. The van der Waals surface area contributed by atoms with Gasteiger partial charge >= 0.3 is 12.6 Å². The summed E-state index contributed by atoms with van der Waals surface area (Å²) in [6.45, 7) is 8.05. The third-order valence-corrected chi connectivity index (χ3v) is 15.5. The molecule has 73 heavy (non-hydrogen) atoms. The zero-order chi connectivity index (χ0) is 53.6. The van der Waals surface area contributed by atoms with Crippen LogP contribution in [0.2, 0.25) is 0 Å². The molecule has 15 atom stereocenters. The first-order valence-electron chi connectivity index (χ1n) is 26.3. The largest absolute Gasteiger partial charge is 0.461 e. The van der Waals surface area contributed by atoms with Crippen molar-refractivity contribution in [3.8, 4) is 5.75 Å². The van der Waals surface area contributed by atoms with Gasteiger partial charge in [-0.15, -0.1) is 0 Å². The fraction of sp³-hybridized carbons (Fsp3) is 0.679. The summed E-state index contributed by atoms with van der Waals surface area (Å²) in [5.74, 6) is -7.03. The van der Waals surface area contributed by atoms with Gasteiger partial charge in [0.05, 0.1) is 18.3 Å². The number of fused-ring (bicyclic) bond motifs is 3. The smallest absolute Gasteiger partial charge is 0.387 e. The average Bonchev–Trinajstić information content (AvgIpc) is 3.35. The van der Waals surface area contributed by atoms with Crippen molar-refractivity contribution in [2.24, 2.45) is 35.3 Å². The lowest BCUT2D eigenvalue weighted by molar-refractivity contribution is -0.263. The number of nitrogens with one attached hydrogen (secondary N) is 1. The Bertz CT molecular complexity index is 2120. The number of cyclic esters (lactones) is 1. The number of Topliss-reactive ketones (excluding diaryl/α,β-unsaturated/α-hetero) is 2. The van der Waals surface area contributed by atoms with E-state index in [0.717, 1.165) is 12.0 Å². The zero-order valence-electron chi connectivity index (χ0n) is 44.1. The second kappa shape index (κ2) is 28.0. The predicted molar refractivity (Wildman–Crippen MR) is 273 cm³/mol. The number of esters is 1. The number of allylic oxidation sites excluding steroid dienone is 5. The SMILES string of the molecule is CO[C@@H]1CC(C[C@@H](C)[C@@H]2CC[C@H](N)/C=C(\C)[C@@H](O)[C@@H](OC)C(=O)[C@H](C)C[C@H](C)/C=C/C=C/C=C(\C)[C@@H](Nc3cccc(OC(F)F)c3)CC3CC[C@@H](C)[C@@](O)(O3)C(=O)C(=O)N3CCCCC3C(=O)O2)CC[C@H]1O. The maximum atomic E-state index is 14.5. The highest BCUT2D eigenvalue weighted by Crippen LogP contribution is 2.38. The van der Waals surface area contributed by atoms with E-state index >= 15 is 0 Å². The minimum Gasteiger partial charge on any atom is -0.461 e. The number of rotatable bonds is 9. The number of amides is 1. The number of benzene rings is 1. The molecule has 17 heteroatoms. The van der Waals surface area contributed by atoms with E-state index in [2.05, 4.69) is 10.1 Å². The van der Waals surface area contributed by atoms with Gasteiger partial charge in [0.25, 0.3) is 11.7 Å². The second-order valence-corrected chi connectivity index (χ2v) is 21.3. The normalized spacial score (nSPS) is 37.2. The number of aliphatic hydroxyl groups is 3. The van der Waals surface area contributed by atoms with Crippen LogP contribution in [-0.2, 0) is 38.1 Å². The number of aliphatic hydroxyl groups excluding tert-OH is 2. The number of nitrogens with zero attached hydrogens (tertiary/aromatic N) is 1. The molecule has 1 aromatic rings. The van der Waals surface area contributed by atoms with Gasteiger partial charge in [0.2, 0.25) is 5.79 Å². The molecule has 1 aliphatic carbocycles. The fourth-order valence-electron chi connectivity index (χ4n) is 11.0. The van der Waals surface area contributed by atoms with Gasteiger partial charge in [0, 0.05) is 56.4 Å². The van der Waals surface area contributed by atoms with Crippen LogP contribution < -0.4 is 15.8 Å². The Hall–Kier alpha value is -4.36. The lowest BCUT2D eigenvalue weighted by Gasteiger charge is -2.43. The van der Waals surface area contributed by atoms with Crippen molar-refractivity contribution in [1.82, 2.24) is 4.90 Å². The molecular weight excluding hydrogens is 945 g/mol. The summed E-state index contributed by atoms with van der Waals surface area (Å²) in [7, 11) is 2.97. The van der Waals surface area contributed by atoms with E-state index in [-0.39, 0.29) is 54.8 Å². The molecule has 1 aromatic carbocycles. The van der Waals surface area contributed by atoms with Crippen LogP contribution in [0.15, 0.2) is 71.9 Å². The quantitative estimate of drug-likeness (QED) is 0.0908. The van der Waals surface area contributed by atoms with Gasteiger partial charge in [0.15, 0.2) is 5.78 Å². The first-order chi connectivity index (χ1) is 34.6. The molecule has 1 saturated carbocycles. The van der Waals surface area contributed by atoms with Gasteiger partial charge in [-0.1, -0.05) is 75.8 Å². The van der Waals surface area contributed by atoms with Gasteiger partial charge in [-0.25, -0.2) is 4.79 Å². The molecule has 6 N–H and O–H groups in total. The van der Waals surface area contributed by atoms with Crippen LogP contribution in [0.3, 0.4) is 0 Å². The molecule has 1 amide bonds. The maximum absolute atomic E-state index is 14.5. The summed E-state index contributed by atoms with van der Waals surface area (Å²) in [5, 5.41) is 37.6. The van der Waals surface area contributed by atoms with Crippen LogP contribution in [0.25, 0.3) is 0 Å². The number of ketones is 2. The number of halogens is 2. The Balaban J connectivity index is 1.49. The van der Waals surface area contributed by atoms with Crippen molar-refractivity contribution in [2.75, 3.05) is 26.1 Å². The van der Waals surface area contributed by atoms with E-state index in [4.69, 9.17) is 24.7 Å². The zero-order valence-corrected chi connectivity index (χ0v) is 44.1. The van der Waals surface area contributed by atoms with E-state index < -0.39 is 90.5 Å². The van der Waals surface area contributed by atoms with E-state index in [1.54, 1.807) is 39.2 Å². The van der Waals surface area contributed by atoms with E-state index in [1.165, 1.54) is 24.1 Å². The van der Waals surface area contributed by atoms with Crippen LogP contribution >= 0.6 is 0 Å². The minimum absolute atomic E-state index is 0.0305. The summed E-state index contributed by atoms with van der Waals surface area (Å²) in [4.78, 5) is 58.4. The number of piperidine rings is 1. The molecule has 0 aromatic heterocycles. The van der Waals surface area contributed by atoms with Crippen molar-refractivity contribution in [3.63, 3.8) is 0 Å². The molecule has 4 aliphatic rings. The molecule has 2 saturated heterocycles. The predicted octanol–water partition coefficient (Wildman–Crippen LogP) is 7.76. The Kier molecular flexibility index (Phi) is 22.8. The average molecular weight is 1030 g/mol. The number of methoxy groups -OCH3 is 2. The van der Waals surface area contributed by atoms with Crippen molar-refractivity contribution in [2.45, 2.75) is 192 Å². The number of carbonyl (C=O) groups is 4. The summed E-state index contributed by atoms with van der Waals surface area (Å²) in [5.41, 5.74) is 8.41. The highest BCUT2D eigenvalue weighted by Gasteiger charge is 2.53. The van der Waals surface area contributed by atoms with Crippen LogP contribution in [0.1, 0.15) is 125 Å². The van der Waals surface area contributed by atoms with Crippen molar-refractivity contribution < 1.29 is 67.0 Å². The third kappa shape index (κ3) is 16.6. The number of hydrogen-bond donors (Lipinski definition) is 5. The highest BCUT2D eigenvalue weighted by atomic mass is 19.3. The van der Waals surface area contributed by atoms with Gasteiger partial charge in [-0.3, -0.25) is 14.4 Å². The van der Waals surface area contributed by atoms with Crippen LogP contribution in [-0.4, -0.2) is 132 Å². The van der Waals surface area contributed by atoms with Crippen molar-refractivity contribution in [1.29, 1.82) is 0 Å². The molecule has 3 aliphatic heterocycles. The number of hydrogen-bond acceptors (Lipinski definition) is 14. The number of alkyl halides is 2. The molecule has 3 heterocycles. The van der Waals surface area contributed by atoms with E-state index in [9.17, 15) is 43.3 Å². The third-order valence-electron chi connectivity index (χ3n) is 15.5. The molecule has 2 bridgehead atoms. The van der Waals surface area contributed by atoms with E-state index in [0.29, 0.717) is 75.5 Å². The minimum atomic E-state index is -3.03. The Morgan fingerprint density at radius 2 is 1.66 bits per heavy atom. The molecule has 5 rings (SSSR count). The van der Waals surface area contributed by atoms with Crippen molar-refractivity contribution >= 4 is 29.1 Å². The second-order valence-electron chi connectivity index (χ2n) is 21.3. The lowest BCUT2D eigenvalue weighted by atomic mass is 9.78. The summed E-state index contributed by atoms with van der Waals surface area (Å²) in [6, 6.07) is 3.88. The van der Waals surface area contributed by atoms with Gasteiger partial charge in [-0.05, 0) is 133 Å². The monoisotopic (exact) mass is 1030 g/mol. The van der Waals surface area contributed by atoms with Crippen LogP contribution in [0, 0.1) is 29.6 Å². The first kappa shape index (κ1) is 59.5. The van der Waals surface area contributed by atoms with Crippen molar-refractivity contribution in [3.05, 3.63) is 71.9 Å². The molecular formula is C56H83F2N3O12. The Morgan fingerprint density at radius 1 is 0.904 bits per heavy atom. The summed E-state index contributed by atoms with van der Waals surface area (Å²) >= 11 is 0. The molecule has 3 fully saturated rings. The molecule has 3 unspecified atom stereocenters. The topological polar surface area (TPSA) is 216 Å². The van der Waals surface area contributed by atoms with Gasteiger partial charge in [0.1, 0.15) is 30.1 Å². The Labute approximate surface area is 430 Å². The lowest BCUT2D eigenvalue weighted by Crippen LogP contribution is -2.61. The number of anilines is 1. The number of ether oxygens (including phenoxy) is 5. The van der Waals surface area contributed by atoms with Gasteiger partial charge < -0.3 is 55.0 Å². The highest BCUT2D eigenvalue weighted by molar-refractivity contribution is 6.39. The molecule has 15 nitrogen and oxygen atoms in total. The molecule has 0 spiro atoms. The summed E-state index contributed by atoms with van der Waals surface area (Å²) in [6.07, 6.45) is 12.4. The first-order valence-corrected chi connectivity index (χ1v) is 26.3. The Morgan fingerprint density at radius 3 is 2.37 bits per heavy atom. The maximum Gasteiger partial charge on any atom is 0.387 e. The molecule has 408 valence electrons. The van der Waals surface area contributed by atoms with Gasteiger partial charge in [-0.2, -0.15) is 8.78 Å². The number of nitrogens with two attached hydrogens (primary N) is 1. The number of carbonyl (C=O) groups excluding carboxylic acids is 4. The van der Waals surface area contributed by atoms with Crippen LogP contribution in [0.4, 0.5) is 14.5 Å².